The summed E-state index contributed by atoms with van der Waals surface area (Å²) in [6.45, 7) is 0.630. The maximum absolute atomic E-state index is 8.99. The van der Waals surface area contributed by atoms with Gasteiger partial charge in [-0.3, -0.25) is 0 Å². The minimum absolute atomic E-state index is 0.127. The molecule has 0 amide bonds. The van der Waals surface area contributed by atoms with Crippen molar-refractivity contribution in [1.82, 2.24) is 0 Å². The van der Waals surface area contributed by atoms with Crippen LogP contribution in [0.5, 0.6) is 5.75 Å². The second-order valence-electron chi connectivity index (χ2n) is 4.11. The van der Waals surface area contributed by atoms with Crippen LogP contribution >= 0.6 is 0 Å². The van der Waals surface area contributed by atoms with Gasteiger partial charge in [0.1, 0.15) is 12.4 Å². The van der Waals surface area contributed by atoms with E-state index in [2.05, 4.69) is 0 Å². The van der Waals surface area contributed by atoms with Gasteiger partial charge in [-0.15, -0.1) is 0 Å². The highest BCUT2D eigenvalue weighted by Gasteiger charge is 2.02. The molecule has 0 aliphatic carbocycles. The summed E-state index contributed by atoms with van der Waals surface area (Å²) in [6.07, 6.45) is 0.609. The minimum Gasteiger partial charge on any atom is -0.489 e. The summed E-state index contributed by atoms with van der Waals surface area (Å²) in [7, 11) is 0. The second-order valence-corrected chi connectivity index (χ2v) is 4.11. The molecule has 0 fully saturated rings. The van der Waals surface area contributed by atoms with Crippen LogP contribution in [0, 0.1) is 0 Å². The summed E-state index contributed by atoms with van der Waals surface area (Å²) in [5.74, 6) is 0.823. The van der Waals surface area contributed by atoms with Crippen LogP contribution in [-0.4, -0.2) is 11.7 Å². The van der Waals surface area contributed by atoms with E-state index in [4.69, 9.17) is 15.6 Å². The number of rotatable bonds is 5. The van der Waals surface area contributed by atoms with Crippen LogP contribution in [0.1, 0.15) is 11.1 Å². The maximum Gasteiger partial charge on any atom is 0.123 e. The lowest BCUT2D eigenvalue weighted by Gasteiger charge is -2.10. The van der Waals surface area contributed by atoms with Crippen molar-refractivity contribution in [2.45, 2.75) is 13.0 Å². The van der Waals surface area contributed by atoms with E-state index < -0.39 is 0 Å². The number of para-hydroxylation sites is 1. The SMILES string of the molecule is Nc1ccc(COc2ccccc2CCO)cc1. The van der Waals surface area contributed by atoms with Gasteiger partial charge in [0.2, 0.25) is 0 Å². The largest absolute Gasteiger partial charge is 0.489 e. The number of ether oxygens (including phenoxy) is 1. The van der Waals surface area contributed by atoms with Gasteiger partial charge in [0, 0.05) is 12.3 Å². The number of aliphatic hydroxyl groups is 1. The number of hydrogen-bond acceptors (Lipinski definition) is 3. The fourth-order valence-corrected chi connectivity index (χ4v) is 1.75. The number of nitrogens with two attached hydrogens (primary N) is 1. The molecule has 0 aliphatic heterocycles. The van der Waals surface area contributed by atoms with Crippen LogP contribution in [0.25, 0.3) is 0 Å². The average Bonchev–Trinajstić information content (AvgIpc) is 2.40. The predicted molar refractivity (Wildman–Crippen MR) is 72.4 cm³/mol. The van der Waals surface area contributed by atoms with Gasteiger partial charge >= 0.3 is 0 Å². The van der Waals surface area contributed by atoms with E-state index in [1.54, 1.807) is 0 Å². The molecule has 0 unspecified atom stereocenters. The average molecular weight is 243 g/mol. The molecule has 3 N–H and O–H groups in total. The molecule has 2 rings (SSSR count). The Kier molecular flexibility index (Phi) is 4.20. The van der Waals surface area contributed by atoms with Crippen LogP contribution in [-0.2, 0) is 13.0 Å². The molecular formula is C15H17NO2. The molecule has 3 heteroatoms. The molecule has 0 spiro atoms. The first-order valence-electron chi connectivity index (χ1n) is 5.95. The molecule has 0 radical (unpaired) electrons. The lowest BCUT2D eigenvalue weighted by Crippen LogP contribution is -2.00. The second kappa shape index (κ2) is 6.07. The van der Waals surface area contributed by atoms with E-state index in [0.717, 1.165) is 22.6 Å². The fourth-order valence-electron chi connectivity index (χ4n) is 1.75. The summed E-state index contributed by atoms with van der Waals surface area (Å²) in [5.41, 5.74) is 8.47. The highest BCUT2D eigenvalue weighted by atomic mass is 16.5. The van der Waals surface area contributed by atoms with E-state index in [9.17, 15) is 0 Å². The molecule has 18 heavy (non-hydrogen) atoms. The van der Waals surface area contributed by atoms with Crippen molar-refractivity contribution in [3.63, 3.8) is 0 Å². The Morgan fingerprint density at radius 1 is 1.00 bits per heavy atom. The van der Waals surface area contributed by atoms with Gasteiger partial charge in [0.25, 0.3) is 0 Å². The molecule has 94 valence electrons. The summed E-state index contributed by atoms with van der Waals surface area (Å²) in [4.78, 5) is 0. The van der Waals surface area contributed by atoms with Crippen LogP contribution in [0.15, 0.2) is 48.5 Å². The van der Waals surface area contributed by atoms with E-state index in [0.29, 0.717) is 13.0 Å². The number of nitrogen functional groups attached to an aromatic ring is 1. The minimum atomic E-state index is 0.127. The molecule has 3 nitrogen and oxygen atoms in total. The topological polar surface area (TPSA) is 55.5 Å². The predicted octanol–water partition coefficient (Wildman–Crippen LogP) is 2.38. The summed E-state index contributed by atoms with van der Waals surface area (Å²) in [5, 5.41) is 8.99. The van der Waals surface area contributed by atoms with Crippen molar-refractivity contribution in [1.29, 1.82) is 0 Å². The van der Waals surface area contributed by atoms with Crippen molar-refractivity contribution >= 4 is 5.69 Å². The lowest BCUT2D eigenvalue weighted by atomic mass is 10.1. The van der Waals surface area contributed by atoms with Crippen LogP contribution in [0.2, 0.25) is 0 Å². The third kappa shape index (κ3) is 3.25. The van der Waals surface area contributed by atoms with E-state index in [1.165, 1.54) is 0 Å². The third-order valence-electron chi connectivity index (χ3n) is 2.73. The number of benzene rings is 2. The molecule has 0 bridgehead atoms. The van der Waals surface area contributed by atoms with Crippen LogP contribution in [0.3, 0.4) is 0 Å². The van der Waals surface area contributed by atoms with Gasteiger partial charge < -0.3 is 15.6 Å². The number of aliphatic hydroxyl groups excluding tert-OH is 1. The molecule has 0 aliphatic rings. The third-order valence-corrected chi connectivity index (χ3v) is 2.73. The lowest BCUT2D eigenvalue weighted by molar-refractivity contribution is 0.284. The van der Waals surface area contributed by atoms with Gasteiger partial charge in [0.15, 0.2) is 0 Å². The molecule has 2 aromatic rings. The summed E-state index contributed by atoms with van der Waals surface area (Å²) < 4.78 is 5.76. The Bertz CT molecular complexity index is 494. The molecular weight excluding hydrogens is 226 g/mol. The summed E-state index contributed by atoms with van der Waals surface area (Å²) in [6, 6.07) is 15.4. The van der Waals surface area contributed by atoms with Crippen LogP contribution in [0.4, 0.5) is 5.69 Å². The van der Waals surface area contributed by atoms with Crippen LogP contribution < -0.4 is 10.5 Å². The molecule has 0 aromatic heterocycles. The first-order chi connectivity index (χ1) is 8.79. The van der Waals surface area contributed by atoms with Crippen molar-refractivity contribution in [3.8, 4) is 5.75 Å². The zero-order valence-corrected chi connectivity index (χ0v) is 10.2. The quantitative estimate of drug-likeness (QED) is 0.793. The molecule has 2 aromatic carbocycles. The van der Waals surface area contributed by atoms with Gasteiger partial charge in [-0.1, -0.05) is 30.3 Å². The standard InChI is InChI=1S/C15H17NO2/c16-14-7-5-12(6-8-14)11-18-15-4-2-1-3-13(15)9-10-17/h1-8,17H,9-11,16H2. The maximum atomic E-state index is 8.99. The molecule has 0 saturated carbocycles. The Morgan fingerprint density at radius 3 is 2.44 bits per heavy atom. The van der Waals surface area contributed by atoms with Gasteiger partial charge in [-0.05, 0) is 35.7 Å². The Morgan fingerprint density at radius 2 is 1.72 bits per heavy atom. The summed E-state index contributed by atoms with van der Waals surface area (Å²) >= 11 is 0. The van der Waals surface area contributed by atoms with Gasteiger partial charge in [-0.25, -0.2) is 0 Å². The van der Waals surface area contributed by atoms with E-state index in [1.807, 2.05) is 48.5 Å². The smallest absolute Gasteiger partial charge is 0.123 e. The normalized spacial score (nSPS) is 10.3. The molecule has 0 saturated heterocycles. The fraction of sp³-hybridized carbons (Fsp3) is 0.200. The highest BCUT2D eigenvalue weighted by molar-refractivity contribution is 5.39. The van der Waals surface area contributed by atoms with Gasteiger partial charge in [-0.2, -0.15) is 0 Å². The molecule has 0 atom stereocenters. The Labute approximate surface area is 107 Å². The van der Waals surface area contributed by atoms with Crippen molar-refractivity contribution < 1.29 is 9.84 Å². The Hall–Kier alpha value is -2.00. The first kappa shape index (κ1) is 12.5. The van der Waals surface area contributed by atoms with Crippen molar-refractivity contribution in [2.75, 3.05) is 12.3 Å². The molecule has 0 heterocycles. The monoisotopic (exact) mass is 243 g/mol. The number of anilines is 1. The zero-order valence-electron chi connectivity index (χ0n) is 10.2. The van der Waals surface area contributed by atoms with E-state index >= 15 is 0 Å². The number of hydrogen-bond donors (Lipinski definition) is 2. The zero-order chi connectivity index (χ0) is 12.8. The van der Waals surface area contributed by atoms with E-state index in [-0.39, 0.29) is 6.61 Å². The van der Waals surface area contributed by atoms with Gasteiger partial charge in [0.05, 0.1) is 0 Å². The first-order valence-corrected chi connectivity index (χ1v) is 5.95. The highest BCUT2D eigenvalue weighted by Crippen LogP contribution is 2.20. The van der Waals surface area contributed by atoms with Crippen molar-refractivity contribution in [2.24, 2.45) is 0 Å². The Balaban J connectivity index is 2.03. The van der Waals surface area contributed by atoms with Crippen molar-refractivity contribution in [3.05, 3.63) is 59.7 Å².